The standard InChI is InChI=1S/C21H24O7/c1-9-6-19-8-20(9,27-10(2)22)5-4-12(19)21-7-11-15(26-11)18(3,17(25)28-21)14(21)13(19)16(23)24/h11-15H,1,4-8H2,2-3H3,(H,23,24)/t11-,12?,13?,14?,15-,18-,19+,20+,21-/m1/s1. The van der Waals surface area contributed by atoms with Crippen LogP contribution in [0.5, 0.6) is 0 Å². The van der Waals surface area contributed by atoms with Crippen LogP contribution in [0.15, 0.2) is 12.2 Å². The molecule has 0 aromatic heterocycles. The highest BCUT2D eigenvalue weighted by Crippen LogP contribution is 2.80. The molecular weight excluding hydrogens is 364 g/mol. The highest BCUT2D eigenvalue weighted by atomic mass is 16.6. The Bertz CT molecular complexity index is 880. The summed E-state index contributed by atoms with van der Waals surface area (Å²) >= 11 is 0. The zero-order valence-corrected chi connectivity index (χ0v) is 16.0. The highest BCUT2D eigenvalue weighted by molar-refractivity contribution is 5.86. The van der Waals surface area contributed by atoms with Gasteiger partial charge in [0.05, 0.1) is 12.0 Å². The van der Waals surface area contributed by atoms with E-state index in [1.54, 1.807) is 0 Å². The summed E-state index contributed by atoms with van der Waals surface area (Å²) in [4.78, 5) is 37.4. The Kier molecular flexibility index (Phi) is 2.72. The lowest BCUT2D eigenvalue weighted by molar-refractivity contribution is -0.170. The summed E-state index contributed by atoms with van der Waals surface area (Å²) in [6.07, 6.45) is 2.53. The van der Waals surface area contributed by atoms with Gasteiger partial charge in [0.15, 0.2) is 0 Å². The predicted molar refractivity (Wildman–Crippen MR) is 92.9 cm³/mol. The minimum Gasteiger partial charge on any atom is -0.481 e. The van der Waals surface area contributed by atoms with Crippen molar-refractivity contribution in [2.75, 3.05) is 0 Å². The van der Waals surface area contributed by atoms with Gasteiger partial charge in [-0.15, -0.1) is 0 Å². The first kappa shape index (κ1) is 17.0. The van der Waals surface area contributed by atoms with Gasteiger partial charge in [-0.2, -0.15) is 0 Å². The van der Waals surface area contributed by atoms with E-state index in [-0.39, 0.29) is 30.1 Å². The van der Waals surface area contributed by atoms with Crippen molar-refractivity contribution in [3.8, 4) is 0 Å². The first-order chi connectivity index (χ1) is 13.1. The number of carbonyl (C=O) groups is 3. The number of carboxylic acid groups (broad SMARTS) is 1. The van der Waals surface area contributed by atoms with Crippen molar-refractivity contribution >= 4 is 17.9 Å². The maximum atomic E-state index is 13.0. The van der Waals surface area contributed by atoms with E-state index in [0.717, 1.165) is 5.57 Å². The Morgan fingerprint density at radius 3 is 2.79 bits per heavy atom. The molecule has 2 aliphatic heterocycles. The third-order valence-electron chi connectivity index (χ3n) is 9.07. The molecule has 7 nitrogen and oxygen atoms in total. The molecule has 0 aromatic rings. The average molecular weight is 388 g/mol. The zero-order chi connectivity index (χ0) is 19.9. The summed E-state index contributed by atoms with van der Waals surface area (Å²) in [5.41, 5.74) is -2.30. The Hall–Kier alpha value is -1.89. The molecular formula is C21H24O7. The molecule has 2 saturated heterocycles. The molecule has 9 atom stereocenters. The minimum atomic E-state index is -0.925. The number of carbonyl (C=O) groups excluding carboxylic acids is 2. The predicted octanol–water partition coefficient (Wildman–Crippen LogP) is 1.84. The van der Waals surface area contributed by atoms with E-state index in [1.165, 1.54) is 6.92 Å². The number of fused-ring (bicyclic) bond motifs is 3. The van der Waals surface area contributed by atoms with Gasteiger partial charge in [0.2, 0.25) is 0 Å². The molecule has 1 spiro atoms. The molecule has 4 saturated carbocycles. The molecule has 150 valence electrons. The van der Waals surface area contributed by atoms with Crippen molar-refractivity contribution in [3.63, 3.8) is 0 Å². The fourth-order valence-corrected chi connectivity index (χ4v) is 8.42. The van der Waals surface area contributed by atoms with Crippen LogP contribution in [-0.2, 0) is 28.6 Å². The molecule has 7 heteroatoms. The first-order valence-electron chi connectivity index (χ1n) is 10.1. The number of hydrogen-bond donors (Lipinski definition) is 1. The molecule has 1 N–H and O–H groups in total. The number of aliphatic carboxylic acids is 1. The van der Waals surface area contributed by atoms with Crippen molar-refractivity contribution in [3.05, 3.63) is 12.2 Å². The number of epoxide rings is 1. The van der Waals surface area contributed by atoms with Crippen molar-refractivity contribution < 1.29 is 33.7 Å². The molecule has 2 heterocycles. The number of esters is 2. The fraction of sp³-hybridized carbons (Fsp3) is 0.762. The van der Waals surface area contributed by atoms with Gasteiger partial charge in [0.25, 0.3) is 0 Å². The Morgan fingerprint density at radius 1 is 1.36 bits per heavy atom. The second-order valence-electron chi connectivity index (χ2n) is 10.1. The quantitative estimate of drug-likeness (QED) is 0.437. The summed E-state index contributed by atoms with van der Waals surface area (Å²) in [6.45, 7) is 7.42. The van der Waals surface area contributed by atoms with E-state index in [9.17, 15) is 19.5 Å². The third kappa shape index (κ3) is 1.52. The smallest absolute Gasteiger partial charge is 0.315 e. The second kappa shape index (κ2) is 4.48. The summed E-state index contributed by atoms with van der Waals surface area (Å²) in [6, 6.07) is 0. The molecule has 4 bridgehead atoms. The number of carboxylic acids is 1. The Morgan fingerprint density at radius 2 is 2.11 bits per heavy atom. The van der Waals surface area contributed by atoms with Crippen LogP contribution < -0.4 is 0 Å². The SMILES string of the molecule is C=C1C[C@]23C[C@@]1(OC(C)=O)CCC2[C@@]12C[C@H]4O[C@H]4[C@](C)(C(=O)O1)C2C3C(=O)O. The lowest BCUT2D eigenvalue weighted by Crippen LogP contribution is -2.51. The summed E-state index contributed by atoms with van der Waals surface area (Å²) in [7, 11) is 0. The van der Waals surface area contributed by atoms with Gasteiger partial charge in [0.1, 0.15) is 22.7 Å². The van der Waals surface area contributed by atoms with E-state index in [1.807, 2.05) is 6.92 Å². The molecule has 6 rings (SSSR count). The van der Waals surface area contributed by atoms with Crippen LogP contribution in [0, 0.1) is 28.6 Å². The van der Waals surface area contributed by atoms with Crippen LogP contribution in [0.2, 0.25) is 0 Å². The molecule has 3 unspecified atom stereocenters. The highest BCUT2D eigenvalue weighted by Gasteiger charge is 2.88. The fourth-order valence-electron chi connectivity index (χ4n) is 8.42. The normalized spacial score (nSPS) is 57.1. The largest absolute Gasteiger partial charge is 0.481 e. The van der Waals surface area contributed by atoms with Crippen molar-refractivity contribution in [2.24, 2.45) is 28.6 Å². The average Bonchev–Trinajstić information content (AvgIpc) is 3.22. The third-order valence-corrected chi connectivity index (χ3v) is 9.07. The van der Waals surface area contributed by atoms with E-state index >= 15 is 0 Å². The molecule has 28 heavy (non-hydrogen) atoms. The van der Waals surface area contributed by atoms with E-state index in [4.69, 9.17) is 14.2 Å². The van der Waals surface area contributed by atoms with E-state index in [2.05, 4.69) is 6.58 Å². The summed E-state index contributed by atoms with van der Waals surface area (Å²) < 4.78 is 17.7. The molecule has 0 amide bonds. The Balaban J connectivity index is 1.54. The number of hydrogen-bond acceptors (Lipinski definition) is 6. The second-order valence-corrected chi connectivity index (χ2v) is 10.1. The van der Waals surface area contributed by atoms with Gasteiger partial charge < -0.3 is 19.3 Å². The van der Waals surface area contributed by atoms with Crippen LogP contribution in [0.1, 0.15) is 46.0 Å². The van der Waals surface area contributed by atoms with Crippen LogP contribution in [0.3, 0.4) is 0 Å². The van der Waals surface area contributed by atoms with Gasteiger partial charge in [0, 0.05) is 25.2 Å². The zero-order valence-electron chi connectivity index (χ0n) is 16.0. The van der Waals surface area contributed by atoms with Gasteiger partial charge >= 0.3 is 17.9 Å². The van der Waals surface area contributed by atoms with Crippen LogP contribution in [0.25, 0.3) is 0 Å². The topological polar surface area (TPSA) is 102 Å². The van der Waals surface area contributed by atoms with Gasteiger partial charge in [-0.05, 0) is 43.6 Å². The van der Waals surface area contributed by atoms with Crippen molar-refractivity contribution in [1.82, 2.24) is 0 Å². The molecule has 6 aliphatic rings. The summed E-state index contributed by atoms with van der Waals surface area (Å²) in [5, 5.41) is 10.4. The van der Waals surface area contributed by atoms with E-state index < -0.39 is 39.8 Å². The van der Waals surface area contributed by atoms with Crippen molar-refractivity contribution in [2.45, 2.75) is 69.4 Å². The molecule has 0 radical (unpaired) electrons. The number of ether oxygens (including phenoxy) is 3. The lowest BCUT2D eigenvalue weighted by atomic mass is 9.60. The lowest BCUT2D eigenvalue weighted by Gasteiger charge is -2.46. The monoisotopic (exact) mass is 388 g/mol. The van der Waals surface area contributed by atoms with E-state index in [0.29, 0.717) is 32.1 Å². The van der Waals surface area contributed by atoms with Crippen LogP contribution in [0.4, 0.5) is 0 Å². The molecule has 0 aromatic carbocycles. The van der Waals surface area contributed by atoms with Gasteiger partial charge in [-0.25, -0.2) is 0 Å². The van der Waals surface area contributed by atoms with Gasteiger partial charge in [-0.1, -0.05) is 6.58 Å². The minimum absolute atomic E-state index is 0.0259. The summed E-state index contributed by atoms with van der Waals surface area (Å²) in [5.74, 6) is -2.81. The Labute approximate surface area is 162 Å². The number of rotatable bonds is 2. The first-order valence-corrected chi connectivity index (χ1v) is 10.1. The van der Waals surface area contributed by atoms with Crippen molar-refractivity contribution in [1.29, 1.82) is 0 Å². The van der Waals surface area contributed by atoms with Crippen LogP contribution in [-0.4, -0.2) is 46.4 Å². The maximum Gasteiger partial charge on any atom is 0.315 e. The van der Waals surface area contributed by atoms with Gasteiger partial charge in [-0.3, -0.25) is 14.4 Å². The van der Waals surface area contributed by atoms with Crippen LogP contribution >= 0.6 is 0 Å². The molecule has 4 aliphatic carbocycles. The molecule has 6 fully saturated rings. The maximum absolute atomic E-state index is 13.0.